The number of carbonyl (C=O) groups is 5. The van der Waals surface area contributed by atoms with Crippen LogP contribution in [-0.4, -0.2) is 82.0 Å². The third kappa shape index (κ3) is 8.17. The molecular formula is C27H46N6O6. The molecule has 0 bridgehead atoms. The summed E-state index contributed by atoms with van der Waals surface area (Å²) < 4.78 is 6.05. The van der Waals surface area contributed by atoms with Crippen molar-refractivity contribution in [3.8, 4) is 0 Å². The van der Waals surface area contributed by atoms with Crippen LogP contribution < -0.4 is 21.8 Å². The number of piperidine rings is 1. The lowest BCUT2D eigenvalue weighted by atomic mass is 9.99. The van der Waals surface area contributed by atoms with Gasteiger partial charge in [-0.25, -0.2) is 9.80 Å². The predicted molar refractivity (Wildman–Crippen MR) is 146 cm³/mol. The standard InChI is InChI=1S/C27H46N6O6/c1-11-18(35)33(13-12-17(28)34)31-22(36)21-19-16(27(19,9)10)14-32(21)23(37)20(15(2)39-26(6,7)8)29-24(38)30-25(3,4)5/h11,15-16,19-21H,1,12-14H2,2-10H3,(H2,28,34)(H,31,36)(H2,29,30,38)/t15?,16-,19-,20?,21-/m0/s1. The van der Waals surface area contributed by atoms with Crippen LogP contribution in [0.1, 0.15) is 68.7 Å². The number of likely N-dealkylation sites (tertiary alicyclic amines) is 1. The fraction of sp³-hybridized carbons (Fsp3) is 0.741. The number of rotatable bonds is 9. The minimum absolute atomic E-state index is 0.0641. The molecule has 0 aromatic heterocycles. The fourth-order valence-electron chi connectivity index (χ4n) is 5.27. The Morgan fingerprint density at radius 3 is 2.23 bits per heavy atom. The molecule has 5 N–H and O–H groups in total. The van der Waals surface area contributed by atoms with E-state index in [9.17, 15) is 24.0 Å². The highest BCUT2D eigenvalue weighted by Crippen LogP contribution is 2.64. The lowest BCUT2D eigenvalue weighted by Crippen LogP contribution is -2.62. The summed E-state index contributed by atoms with van der Waals surface area (Å²) in [5.41, 5.74) is 6.45. The first kappa shape index (κ1) is 32.1. The second-order valence-corrected chi connectivity index (χ2v) is 13.0. The maximum Gasteiger partial charge on any atom is 0.315 e. The van der Waals surface area contributed by atoms with Gasteiger partial charge >= 0.3 is 6.03 Å². The maximum absolute atomic E-state index is 14.0. The monoisotopic (exact) mass is 550 g/mol. The molecule has 6 amide bonds. The number of nitrogens with one attached hydrogen (secondary N) is 3. The van der Waals surface area contributed by atoms with E-state index >= 15 is 0 Å². The molecular weight excluding hydrogens is 504 g/mol. The number of nitrogens with zero attached hydrogens (tertiary/aromatic N) is 2. The smallest absolute Gasteiger partial charge is 0.315 e. The van der Waals surface area contributed by atoms with Gasteiger partial charge in [0.1, 0.15) is 12.1 Å². The highest BCUT2D eigenvalue weighted by Gasteiger charge is 2.69. The summed E-state index contributed by atoms with van der Waals surface area (Å²) in [5, 5.41) is 6.53. The summed E-state index contributed by atoms with van der Waals surface area (Å²) in [6, 6.07) is -2.52. The van der Waals surface area contributed by atoms with Crippen molar-refractivity contribution in [2.45, 2.75) is 98.1 Å². The van der Waals surface area contributed by atoms with E-state index in [0.29, 0.717) is 6.54 Å². The van der Waals surface area contributed by atoms with Crippen LogP contribution in [0.3, 0.4) is 0 Å². The van der Waals surface area contributed by atoms with Crippen LogP contribution in [-0.2, 0) is 23.9 Å². The van der Waals surface area contributed by atoms with Crippen molar-refractivity contribution < 1.29 is 28.7 Å². The maximum atomic E-state index is 14.0. The van der Waals surface area contributed by atoms with Crippen molar-refractivity contribution in [3.05, 3.63) is 12.7 Å². The number of primary amides is 1. The Bertz CT molecular complexity index is 998. The minimum atomic E-state index is -1.08. The first-order valence-electron chi connectivity index (χ1n) is 13.3. The molecule has 0 spiro atoms. The molecule has 1 aliphatic heterocycles. The van der Waals surface area contributed by atoms with Gasteiger partial charge in [-0.05, 0) is 71.8 Å². The summed E-state index contributed by atoms with van der Waals surface area (Å²) in [7, 11) is 0. The van der Waals surface area contributed by atoms with Gasteiger partial charge in [0.25, 0.3) is 11.8 Å². The van der Waals surface area contributed by atoms with Crippen LogP contribution in [0.15, 0.2) is 12.7 Å². The van der Waals surface area contributed by atoms with Crippen molar-refractivity contribution in [2.75, 3.05) is 13.1 Å². The van der Waals surface area contributed by atoms with E-state index in [-0.39, 0.29) is 30.2 Å². The normalized spacial score (nSPS) is 23.1. The Hall–Kier alpha value is -3.15. The van der Waals surface area contributed by atoms with Crippen molar-refractivity contribution in [1.82, 2.24) is 26.0 Å². The highest BCUT2D eigenvalue weighted by atomic mass is 16.5. The molecule has 2 aliphatic rings. The molecule has 1 aliphatic carbocycles. The van der Waals surface area contributed by atoms with Gasteiger partial charge in [0.2, 0.25) is 11.8 Å². The first-order chi connectivity index (χ1) is 17.7. The largest absolute Gasteiger partial charge is 0.370 e. The predicted octanol–water partition coefficient (Wildman–Crippen LogP) is 1.06. The molecule has 0 radical (unpaired) electrons. The average Bonchev–Trinajstić information content (AvgIpc) is 3.10. The molecule has 2 rings (SSSR count). The van der Waals surface area contributed by atoms with Crippen LogP contribution in [0.2, 0.25) is 0 Å². The minimum Gasteiger partial charge on any atom is -0.370 e. The lowest BCUT2D eigenvalue weighted by molar-refractivity contribution is -0.150. The molecule has 12 heteroatoms. The fourth-order valence-corrected chi connectivity index (χ4v) is 5.27. The molecule has 1 saturated carbocycles. The molecule has 39 heavy (non-hydrogen) atoms. The Balaban J connectivity index is 2.36. The SMILES string of the molecule is C=CC(=O)N(CCC(N)=O)NC(=O)[C@@H]1[C@@H]2[C@H](CN1C(=O)C(NC(=O)NC(C)(C)C)C(C)OC(C)(C)C)C2(C)C. The molecule has 5 atom stereocenters. The van der Waals surface area contributed by atoms with Gasteiger partial charge in [-0.15, -0.1) is 0 Å². The second-order valence-electron chi connectivity index (χ2n) is 13.0. The van der Waals surface area contributed by atoms with Crippen LogP contribution in [0, 0.1) is 17.3 Å². The Labute approximate surface area is 231 Å². The number of fused-ring (bicyclic) bond motifs is 1. The Morgan fingerprint density at radius 2 is 1.74 bits per heavy atom. The summed E-state index contributed by atoms with van der Waals surface area (Å²) in [6.45, 7) is 20.4. The number of nitrogens with two attached hydrogens (primary N) is 1. The summed E-state index contributed by atoms with van der Waals surface area (Å²) in [6.07, 6.45) is 0.134. The first-order valence-corrected chi connectivity index (χ1v) is 13.3. The van der Waals surface area contributed by atoms with E-state index in [2.05, 4.69) is 22.6 Å². The number of hydrogen-bond donors (Lipinski definition) is 4. The number of amides is 6. The number of ether oxygens (including phenoxy) is 1. The van der Waals surface area contributed by atoms with E-state index in [1.807, 2.05) is 55.4 Å². The topological polar surface area (TPSA) is 163 Å². The van der Waals surface area contributed by atoms with Crippen LogP contribution in [0.25, 0.3) is 0 Å². The van der Waals surface area contributed by atoms with Crippen LogP contribution in [0.4, 0.5) is 4.79 Å². The Morgan fingerprint density at radius 1 is 1.15 bits per heavy atom. The van der Waals surface area contributed by atoms with Crippen molar-refractivity contribution >= 4 is 29.7 Å². The number of hydrogen-bond acceptors (Lipinski definition) is 6. The van der Waals surface area contributed by atoms with Gasteiger partial charge in [0.15, 0.2) is 0 Å². The van der Waals surface area contributed by atoms with Gasteiger partial charge in [-0.3, -0.25) is 24.6 Å². The van der Waals surface area contributed by atoms with Gasteiger partial charge in [-0.2, -0.15) is 0 Å². The van der Waals surface area contributed by atoms with Gasteiger partial charge in [0, 0.05) is 18.5 Å². The number of hydrazine groups is 1. The molecule has 12 nitrogen and oxygen atoms in total. The number of carbonyl (C=O) groups excluding carboxylic acids is 5. The molecule has 0 aromatic rings. The van der Waals surface area contributed by atoms with Crippen molar-refractivity contribution in [2.24, 2.45) is 23.0 Å². The average molecular weight is 551 g/mol. The summed E-state index contributed by atoms with van der Waals surface area (Å²) >= 11 is 0. The van der Waals surface area contributed by atoms with Crippen LogP contribution >= 0.6 is 0 Å². The molecule has 2 unspecified atom stereocenters. The molecule has 2 fully saturated rings. The zero-order valence-electron chi connectivity index (χ0n) is 24.7. The van der Waals surface area contributed by atoms with E-state index < -0.39 is 59.0 Å². The van der Waals surface area contributed by atoms with E-state index in [4.69, 9.17) is 10.5 Å². The van der Waals surface area contributed by atoms with Gasteiger partial charge < -0.3 is 26.0 Å². The zero-order chi connectivity index (χ0) is 30.1. The molecule has 0 aromatic carbocycles. The van der Waals surface area contributed by atoms with Gasteiger partial charge in [-0.1, -0.05) is 20.4 Å². The third-order valence-corrected chi connectivity index (χ3v) is 7.08. The Kier molecular flexibility index (Phi) is 9.48. The quantitative estimate of drug-likeness (QED) is 0.248. The zero-order valence-corrected chi connectivity index (χ0v) is 24.7. The summed E-state index contributed by atoms with van der Waals surface area (Å²) in [5.74, 6) is -2.36. The van der Waals surface area contributed by atoms with Gasteiger partial charge in [0.05, 0.1) is 18.2 Å². The van der Waals surface area contributed by atoms with E-state index in [1.54, 1.807) is 6.92 Å². The second kappa shape index (κ2) is 11.5. The van der Waals surface area contributed by atoms with Crippen molar-refractivity contribution in [1.29, 1.82) is 0 Å². The van der Waals surface area contributed by atoms with E-state index in [0.717, 1.165) is 11.1 Å². The van der Waals surface area contributed by atoms with Crippen molar-refractivity contribution in [3.63, 3.8) is 0 Å². The van der Waals surface area contributed by atoms with Crippen LogP contribution in [0.5, 0.6) is 0 Å². The molecule has 1 saturated heterocycles. The lowest BCUT2D eigenvalue weighted by Gasteiger charge is -2.37. The third-order valence-electron chi connectivity index (χ3n) is 7.08. The highest BCUT2D eigenvalue weighted by molar-refractivity contribution is 5.95. The van der Waals surface area contributed by atoms with E-state index in [1.165, 1.54) is 4.90 Å². The number of urea groups is 1. The molecule has 220 valence electrons. The molecule has 1 heterocycles. The summed E-state index contributed by atoms with van der Waals surface area (Å²) in [4.78, 5) is 65.6.